The summed E-state index contributed by atoms with van der Waals surface area (Å²) in [6, 6.07) is 9.89. The van der Waals surface area contributed by atoms with Crippen molar-refractivity contribution in [2.24, 2.45) is 0 Å². The maximum absolute atomic E-state index is 11.8. The van der Waals surface area contributed by atoms with E-state index in [9.17, 15) is 4.79 Å². The number of methoxy groups -OCH3 is 1. The lowest BCUT2D eigenvalue weighted by molar-refractivity contribution is -0.147. The molecule has 2 rings (SSSR count). The van der Waals surface area contributed by atoms with Gasteiger partial charge in [0.25, 0.3) is 0 Å². The largest absolute Gasteiger partial charge is 0.468 e. The van der Waals surface area contributed by atoms with E-state index in [-0.39, 0.29) is 18.1 Å². The Hall–Kier alpha value is -1.10. The van der Waals surface area contributed by atoms with Gasteiger partial charge in [-0.25, -0.2) is 0 Å². The molecule has 0 amide bonds. The summed E-state index contributed by atoms with van der Waals surface area (Å²) in [4.78, 5) is 13.9. The third-order valence-electron chi connectivity index (χ3n) is 3.84. The van der Waals surface area contributed by atoms with Crippen molar-refractivity contribution in [3.63, 3.8) is 0 Å². The molecular weight excluding hydrogens is 290 g/mol. The number of likely N-dealkylation sites (tertiary alicyclic amines) is 1. The fraction of sp³-hybridized carbons (Fsp3) is 0.562. The molecule has 0 unspecified atom stereocenters. The fourth-order valence-electron chi connectivity index (χ4n) is 2.73. The first-order chi connectivity index (χ1) is 10.3. The predicted molar refractivity (Wildman–Crippen MR) is 82.4 cm³/mol. The third-order valence-corrected chi connectivity index (χ3v) is 4.19. The molecule has 1 aliphatic heterocycles. The van der Waals surface area contributed by atoms with Gasteiger partial charge in [-0.1, -0.05) is 30.3 Å². The molecule has 2 atom stereocenters. The van der Waals surface area contributed by atoms with E-state index in [1.54, 1.807) is 0 Å². The third kappa shape index (κ3) is 4.43. The SMILES string of the molecule is COC(=O)[C@@H]1CCCN1[C@H](CCl)COCc1ccccc1. The van der Waals surface area contributed by atoms with E-state index in [4.69, 9.17) is 21.1 Å². The van der Waals surface area contributed by atoms with Gasteiger partial charge in [0.1, 0.15) is 6.04 Å². The van der Waals surface area contributed by atoms with Crippen LogP contribution in [0.15, 0.2) is 30.3 Å². The Morgan fingerprint density at radius 1 is 1.43 bits per heavy atom. The highest BCUT2D eigenvalue weighted by atomic mass is 35.5. The minimum atomic E-state index is -0.181. The van der Waals surface area contributed by atoms with Crippen LogP contribution in [-0.4, -0.2) is 49.1 Å². The molecule has 116 valence electrons. The molecule has 4 nitrogen and oxygen atoms in total. The molecule has 1 aromatic rings. The van der Waals surface area contributed by atoms with Gasteiger partial charge in [0.05, 0.1) is 20.3 Å². The Bertz CT molecular complexity index is 440. The van der Waals surface area contributed by atoms with Gasteiger partial charge < -0.3 is 9.47 Å². The zero-order chi connectivity index (χ0) is 15.1. The number of carbonyl (C=O) groups is 1. The van der Waals surface area contributed by atoms with E-state index in [0.717, 1.165) is 24.9 Å². The molecule has 1 aliphatic rings. The van der Waals surface area contributed by atoms with E-state index >= 15 is 0 Å². The highest BCUT2D eigenvalue weighted by Crippen LogP contribution is 2.22. The monoisotopic (exact) mass is 311 g/mol. The van der Waals surface area contributed by atoms with Crippen molar-refractivity contribution < 1.29 is 14.3 Å². The van der Waals surface area contributed by atoms with E-state index in [1.165, 1.54) is 7.11 Å². The van der Waals surface area contributed by atoms with Crippen molar-refractivity contribution in [1.82, 2.24) is 4.90 Å². The van der Waals surface area contributed by atoms with Crippen molar-refractivity contribution >= 4 is 17.6 Å². The molecule has 0 aliphatic carbocycles. The molecule has 0 radical (unpaired) electrons. The van der Waals surface area contributed by atoms with E-state index in [0.29, 0.717) is 19.1 Å². The van der Waals surface area contributed by atoms with Crippen LogP contribution in [0.3, 0.4) is 0 Å². The Morgan fingerprint density at radius 3 is 2.86 bits per heavy atom. The highest BCUT2D eigenvalue weighted by molar-refractivity contribution is 6.18. The molecule has 1 saturated heterocycles. The lowest BCUT2D eigenvalue weighted by atomic mass is 10.2. The topological polar surface area (TPSA) is 38.8 Å². The summed E-state index contributed by atoms with van der Waals surface area (Å²) in [7, 11) is 1.43. The van der Waals surface area contributed by atoms with Gasteiger partial charge in [-0.2, -0.15) is 0 Å². The summed E-state index contributed by atoms with van der Waals surface area (Å²) in [5, 5.41) is 0. The van der Waals surface area contributed by atoms with Gasteiger partial charge in [-0.3, -0.25) is 9.69 Å². The van der Waals surface area contributed by atoms with Crippen LogP contribution in [0.25, 0.3) is 0 Å². The number of alkyl halides is 1. The summed E-state index contributed by atoms with van der Waals surface area (Å²) in [6.07, 6.45) is 1.82. The van der Waals surface area contributed by atoms with Gasteiger partial charge in [0.15, 0.2) is 0 Å². The second-order valence-electron chi connectivity index (χ2n) is 5.23. The van der Waals surface area contributed by atoms with Crippen LogP contribution in [0.4, 0.5) is 0 Å². The first-order valence-corrected chi connectivity index (χ1v) is 7.81. The lowest BCUT2D eigenvalue weighted by Gasteiger charge is -2.30. The Morgan fingerprint density at radius 2 is 2.19 bits per heavy atom. The standard InChI is InChI=1S/C16H22ClNO3/c1-20-16(19)15-8-5-9-18(15)14(10-17)12-21-11-13-6-3-2-4-7-13/h2-4,6-7,14-15H,5,8-12H2,1H3/t14-,15+/m1/s1. The quantitative estimate of drug-likeness (QED) is 0.573. The molecule has 0 N–H and O–H groups in total. The molecule has 21 heavy (non-hydrogen) atoms. The first kappa shape index (κ1) is 16.3. The second-order valence-corrected chi connectivity index (χ2v) is 5.54. The number of ether oxygens (including phenoxy) is 2. The maximum Gasteiger partial charge on any atom is 0.323 e. The highest BCUT2D eigenvalue weighted by Gasteiger charge is 2.35. The van der Waals surface area contributed by atoms with E-state index < -0.39 is 0 Å². The van der Waals surface area contributed by atoms with Crippen LogP contribution in [-0.2, 0) is 20.9 Å². The van der Waals surface area contributed by atoms with Crippen molar-refractivity contribution in [3.8, 4) is 0 Å². The van der Waals surface area contributed by atoms with Gasteiger partial charge in [0, 0.05) is 11.9 Å². The number of carbonyl (C=O) groups excluding carboxylic acids is 1. The minimum absolute atomic E-state index is 0.0435. The van der Waals surface area contributed by atoms with Crippen LogP contribution in [0.2, 0.25) is 0 Å². The van der Waals surface area contributed by atoms with Gasteiger partial charge in [-0.05, 0) is 24.9 Å². The summed E-state index contributed by atoms with van der Waals surface area (Å²) in [5.41, 5.74) is 1.14. The van der Waals surface area contributed by atoms with E-state index in [1.807, 2.05) is 30.3 Å². The Balaban J connectivity index is 1.86. The summed E-state index contributed by atoms with van der Waals surface area (Å²) < 4.78 is 10.6. The average Bonchev–Trinajstić information content (AvgIpc) is 3.01. The number of rotatable bonds is 7. The van der Waals surface area contributed by atoms with Gasteiger partial charge >= 0.3 is 5.97 Å². The lowest BCUT2D eigenvalue weighted by Crippen LogP contribution is -2.46. The summed E-state index contributed by atoms with van der Waals surface area (Å²) in [6.45, 7) is 1.95. The van der Waals surface area contributed by atoms with Crippen LogP contribution in [0.1, 0.15) is 18.4 Å². The molecule has 0 aromatic heterocycles. The van der Waals surface area contributed by atoms with Crippen molar-refractivity contribution in [2.75, 3.05) is 26.1 Å². The van der Waals surface area contributed by atoms with Crippen LogP contribution in [0.5, 0.6) is 0 Å². The van der Waals surface area contributed by atoms with Crippen LogP contribution < -0.4 is 0 Å². The van der Waals surface area contributed by atoms with E-state index in [2.05, 4.69) is 4.90 Å². The van der Waals surface area contributed by atoms with Crippen molar-refractivity contribution in [2.45, 2.75) is 31.5 Å². The molecule has 0 saturated carbocycles. The molecule has 1 fully saturated rings. The number of benzene rings is 1. The van der Waals surface area contributed by atoms with Crippen molar-refractivity contribution in [3.05, 3.63) is 35.9 Å². The average molecular weight is 312 g/mol. The van der Waals surface area contributed by atoms with Crippen LogP contribution in [0, 0.1) is 0 Å². The smallest absolute Gasteiger partial charge is 0.323 e. The number of esters is 1. The molecular formula is C16H22ClNO3. The normalized spacial score (nSPS) is 20.4. The number of hydrogen-bond donors (Lipinski definition) is 0. The summed E-state index contributed by atoms with van der Waals surface area (Å²) in [5.74, 6) is 0.271. The molecule has 5 heteroatoms. The predicted octanol–water partition coefficient (Wildman–Crippen LogP) is 2.45. The minimum Gasteiger partial charge on any atom is -0.468 e. The molecule has 1 heterocycles. The van der Waals surface area contributed by atoms with Gasteiger partial charge in [-0.15, -0.1) is 11.6 Å². The number of halogens is 1. The number of hydrogen-bond acceptors (Lipinski definition) is 4. The first-order valence-electron chi connectivity index (χ1n) is 7.27. The zero-order valence-corrected chi connectivity index (χ0v) is 13.1. The fourth-order valence-corrected chi connectivity index (χ4v) is 3.00. The molecule has 0 spiro atoms. The maximum atomic E-state index is 11.8. The summed E-state index contributed by atoms with van der Waals surface area (Å²) >= 11 is 6.07. The van der Waals surface area contributed by atoms with Crippen molar-refractivity contribution in [1.29, 1.82) is 0 Å². The van der Waals surface area contributed by atoms with Gasteiger partial charge in [0.2, 0.25) is 0 Å². The molecule has 1 aromatic carbocycles. The zero-order valence-electron chi connectivity index (χ0n) is 12.3. The number of nitrogens with zero attached hydrogens (tertiary/aromatic N) is 1. The van der Waals surface area contributed by atoms with Crippen LogP contribution >= 0.6 is 11.6 Å². The second kappa shape index (κ2) is 8.37. The Labute approximate surface area is 131 Å². The Kier molecular flexibility index (Phi) is 6.49. The molecule has 0 bridgehead atoms.